The summed E-state index contributed by atoms with van der Waals surface area (Å²) in [7, 11) is 1.61. The summed E-state index contributed by atoms with van der Waals surface area (Å²) in [5.41, 5.74) is 0.742. The quantitative estimate of drug-likeness (QED) is 0.784. The maximum atomic E-state index is 6.03. The van der Waals surface area contributed by atoms with Gasteiger partial charge in [-0.15, -0.1) is 0 Å². The van der Waals surface area contributed by atoms with E-state index in [1.807, 2.05) is 0 Å². The molecule has 0 spiro atoms. The first-order chi connectivity index (χ1) is 10.1. The molecule has 0 aliphatic carbocycles. The van der Waals surface area contributed by atoms with Crippen LogP contribution in [0.25, 0.3) is 0 Å². The zero-order chi connectivity index (χ0) is 15.2. The Balaban J connectivity index is 2.28. The van der Waals surface area contributed by atoms with E-state index in [-0.39, 0.29) is 0 Å². The highest BCUT2D eigenvalue weighted by molar-refractivity contribution is 9.10. The van der Waals surface area contributed by atoms with Crippen LogP contribution >= 0.6 is 27.5 Å². The van der Waals surface area contributed by atoms with Gasteiger partial charge < -0.3 is 15.4 Å². The molecule has 0 amide bonds. The third-order valence-corrected chi connectivity index (χ3v) is 3.51. The van der Waals surface area contributed by atoms with Gasteiger partial charge in [-0.1, -0.05) is 18.5 Å². The first-order valence-electron chi connectivity index (χ1n) is 6.51. The number of aromatic nitrogens is 2. The molecule has 112 valence electrons. The van der Waals surface area contributed by atoms with Crippen LogP contribution in [0.2, 0.25) is 5.02 Å². The molecule has 0 bridgehead atoms. The Morgan fingerprint density at radius 3 is 2.90 bits per heavy atom. The van der Waals surface area contributed by atoms with Crippen LogP contribution in [0.1, 0.15) is 13.3 Å². The Morgan fingerprint density at radius 2 is 2.19 bits per heavy atom. The molecule has 0 unspecified atom stereocenters. The molecular weight excluding hydrogens is 356 g/mol. The Kier molecular flexibility index (Phi) is 5.64. The zero-order valence-corrected chi connectivity index (χ0v) is 14.1. The second-order valence-electron chi connectivity index (χ2n) is 4.29. The van der Waals surface area contributed by atoms with Crippen LogP contribution in [0.15, 0.2) is 28.9 Å². The van der Waals surface area contributed by atoms with E-state index in [1.54, 1.807) is 31.5 Å². The number of anilines is 3. The van der Waals surface area contributed by atoms with Crippen LogP contribution in [-0.2, 0) is 0 Å². The maximum Gasteiger partial charge on any atom is 0.224 e. The number of nitrogens with zero attached hydrogens (tertiary/aromatic N) is 2. The number of hydrogen-bond donors (Lipinski definition) is 2. The zero-order valence-electron chi connectivity index (χ0n) is 11.8. The smallest absolute Gasteiger partial charge is 0.224 e. The van der Waals surface area contributed by atoms with E-state index in [1.165, 1.54) is 0 Å². The van der Waals surface area contributed by atoms with Gasteiger partial charge in [0.25, 0.3) is 0 Å². The van der Waals surface area contributed by atoms with E-state index in [0.29, 0.717) is 22.5 Å². The fourth-order valence-electron chi connectivity index (χ4n) is 1.68. The summed E-state index contributed by atoms with van der Waals surface area (Å²) >= 11 is 9.46. The van der Waals surface area contributed by atoms with Crippen LogP contribution in [-0.4, -0.2) is 23.6 Å². The van der Waals surface area contributed by atoms with E-state index in [9.17, 15) is 0 Å². The fraction of sp³-hybridized carbons (Fsp3) is 0.286. The lowest BCUT2D eigenvalue weighted by atomic mass is 10.3. The number of halogens is 2. The first kappa shape index (κ1) is 15.9. The van der Waals surface area contributed by atoms with Crippen LogP contribution in [0.3, 0.4) is 0 Å². The SMILES string of the molecule is CCCNc1ncc(Br)c(Nc2cc(Cl)ccc2OC)n1. The molecule has 2 N–H and O–H groups in total. The molecule has 0 atom stereocenters. The van der Waals surface area contributed by atoms with Crippen LogP contribution in [0, 0.1) is 0 Å². The predicted octanol–water partition coefficient (Wildman–Crippen LogP) is 4.47. The second kappa shape index (κ2) is 7.47. The van der Waals surface area contributed by atoms with Crippen molar-refractivity contribution in [3.63, 3.8) is 0 Å². The molecule has 1 heterocycles. The molecule has 1 aromatic carbocycles. The van der Waals surface area contributed by atoms with Crippen LogP contribution < -0.4 is 15.4 Å². The standard InChI is InChI=1S/C14H16BrClN4O/c1-3-6-17-14-18-8-10(15)13(20-14)19-11-7-9(16)4-5-12(11)21-2/h4-5,7-8H,3,6H2,1-2H3,(H2,17,18,19,20). The number of nitrogens with one attached hydrogen (secondary N) is 2. The number of benzene rings is 1. The number of methoxy groups -OCH3 is 1. The van der Waals surface area contributed by atoms with E-state index in [0.717, 1.165) is 23.1 Å². The lowest BCUT2D eigenvalue weighted by Crippen LogP contribution is -2.06. The molecule has 0 saturated carbocycles. The fourth-order valence-corrected chi connectivity index (χ4v) is 2.14. The van der Waals surface area contributed by atoms with Crippen molar-refractivity contribution in [3.05, 3.63) is 33.9 Å². The summed E-state index contributed by atoms with van der Waals surface area (Å²) in [5, 5.41) is 6.97. The second-order valence-corrected chi connectivity index (χ2v) is 5.58. The van der Waals surface area contributed by atoms with E-state index in [2.05, 4.69) is 43.5 Å². The first-order valence-corrected chi connectivity index (χ1v) is 7.68. The minimum absolute atomic E-state index is 0.573. The molecule has 0 aliphatic rings. The molecule has 0 aliphatic heterocycles. The van der Waals surface area contributed by atoms with E-state index < -0.39 is 0 Å². The summed E-state index contributed by atoms with van der Waals surface area (Å²) in [6.07, 6.45) is 2.70. The summed E-state index contributed by atoms with van der Waals surface area (Å²) in [5.74, 6) is 1.90. The summed E-state index contributed by atoms with van der Waals surface area (Å²) < 4.78 is 6.07. The van der Waals surface area contributed by atoms with Gasteiger partial charge in [-0.25, -0.2) is 4.98 Å². The van der Waals surface area contributed by atoms with Gasteiger partial charge in [0.1, 0.15) is 11.6 Å². The van der Waals surface area contributed by atoms with Crippen molar-refractivity contribution in [2.24, 2.45) is 0 Å². The summed E-state index contributed by atoms with van der Waals surface area (Å²) in [6, 6.07) is 5.36. The van der Waals surface area contributed by atoms with E-state index in [4.69, 9.17) is 16.3 Å². The molecule has 0 fully saturated rings. The normalized spacial score (nSPS) is 10.3. The Hall–Kier alpha value is -1.53. The molecule has 5 nitrogen and oxygen atoms in total. The topological polar surface area (TPSA) is 59.1 Å². The summed E-state index contributed by atoms with van der Waals surface area (Å²) in [6.45, 7) is 2.91. The molecule has 0 saturated heterocycles. The largest absolute Gasteiger partial charge is 0.495 e. The van der Waals surface area contributed by atoms with Crippen molar-refractivity contribution in [1.29, 1.82) is 0 Å². The molecule has 21 heavy (non-hydrogen) atoms. The number of ether oxygens (including phenoxy) is 1. The monoisotopic (exact) mass is 370 g/mol. The highest BCUT2D eigenvalue weighted by atomic mass is 79.9. The van der Waals surface area contributed by atoms with Crippen molar-refractivity contribution in [2.75, 3.05) is 24.3 Å². The van der Waals surface area contributed by atoms with Crippen LogP contribution in [0.4, 0.5) is 17.5 Å². The van der Waals surface area contributed by atoms with Gasteiger partial charge in [0.15, 0.2) is 0 Å². The number of rotatable bonds is 6. The van der Waals surface area contributed by atoms with Crippen molar-refractivity contribution in [3.8, 4) is 5.75 Å². The third kappa shape index (κ3) is 4.22. The lowest BCUT2D eigenvalue weighted by Gasteiger charge is -2.13. The van der Waals surface area contributed by atoms with Crippen molar-refractivity contribution < 1.29 is 4.74 Å². The molecule has 2 aromatic rings. The van der Waals surface area contributed by atoms with E-state index >= 15 is 0 Å². The lowest BCUT2D eigenvalue weighted by molar-refractivity contribution is 0.417. The average molecular weight is 372 g/mol. The minimum atomic E-state index is 0.573. The minimum Gasteiger partial charge on any atom is -0.495 e. The molecule has 2 rings (SSSR count). The van der Waals surface area contributed by atoms with Crippen molar-refractivity contribution >= 4 is 45.0 Å². The Morgan fingerprint density at radius 1 is 1.38 bits per heavy atom. The average Bonchev–Trinajstić information content (AvgIpc) is 2.48. The van der Waals surface area contributed by atoms with Gasteiger partial charge in [-0.3, -0.25) is 0 Å². The van der Waals surface area contributed by atoms with Gasteiger partial charge in [-0.2, -0.15) is 4.98 Å². The molecule has 0 radical (unpaired) electrons. The summed E-state index contributed by atoms with van der Waals surface area (Å²) in [4.78, 5) is 8.64. The third-order valence-electron chi connectivity index (χ3n) is 2.69. The Labute approximate surface area is 137 Å². The van der Waals surface area contributed by atoms with Crippen molar-refractivity contribution in [2.45, 2.75) is 13.3 Å². The van der Waals surface area contributed by atoms with Gasteiger partial charge in [0.2, 0.25) is 5.95 Å². The number of hydrogen-bond acceptors (Lipinski definition) is 5. The van der Waals surface area contributed by atoms with Gasteiger partial charge in [0.05, 0.1) is 17.3 Å². The Bertz CT molecular complexity index is 624. The maximum absolute atomic E-state index is 6.03. The molecule has 7 heteroatoms. The van der Waals surface area contributed by atoms with Crippen LogP contribution in [0.5, 0.6) is 5.75 Å². The van der Waals surface area contributed by atoms with Gasteiger partial charge >= 0.3 is 0 Å². The highest BCUT2D eigenvalue weighted by Gasteiger charge is 2.09. The van der Waals surface area contributed by atoms with Gasteiger partial charge in [-0.05, 0) is 40.5 Å². The van der Waals surface area contributed by atoms with Gasteiger partial charge in [0, 0.05) is 17.8 Å². The highest BCUT2D eigenvalue weighted by Crippen LogP contribution is 2.32. The molecular formula is C14H16BrClN4O. The van der Waals surface area contributed by atoms with Crippen molar-refractivity contribution in [1.82, 2.24) is 9.97 Å². The molecule has 1 aromatic heterocycles. The predicted molar refractivity (Wildman–Crippen MR) is 89.8 cm³/mol.